The van der Waals surface area contributed by atoms with Crippen molar-refractivity contribution in [1.82, 2.24) is 0 Å². The van der Waals surface area contributed by atoms with Crippen molar-refractivity contribution >= 4 is 0 Å². The van der Waals surface area contributed by atoms with Gasteiger partial charge in [-0.05, 0) is 25.0 Å². The molecule has 3 N–H and O–H groups in total. The van der Waals surface area contributed by atoms with E-state index in [-0.39, 0.29) is 0 Å². The minimum atomic E-state index is -4.00. The van der Waals surface area contributed by atoms with E-state index in [0.29, 0.717) is 0 Å². The molecule has 3 unspecified atom stereocenters. The summed E-state index contributed by atoms with van der Waals surface area (Å²) in [6.07, 6.45) is -15.2. The van der Waals surface area contributed by atoms with E-state index in [9.17, 15) is 5.11 Å². The van der Waals surface area contributed by atoms with Crippen molar-refractivity contribution < 1.29 is 21.6 Å². The summed E-state index contributed by atoms with van der Waals surface area (Å²) >= 11 is 0. The molecular weight excluding hydrogens is 114 g/mol. The Morgan fingerprint density at radius 3 is 3.33 bits per heavy atom. The highest BCUT2D eigenvalue weighted by molar-refractivity contribution is 4.78. The van der Waals surface area contributed by atoms with E-state index in [1.54, 1.807) is 0 Å². The van der Waals surface area contributed by atoms with Gasteiger partial charge in [0.15, 0.2) is 0 Å². The lowest BCUT2D eigenvalue weighted by Crippen LogP contribution is -2.35. The highest BCUT2D eigenvalue weighted by Gasteiger charge is 2.22. The van der Waals surface area contributed by atoms with Crippen molar-refractivity contribution in [1.29, 1.82) is 0 Å². The summed E-state index contributed by atoms with van der Waals surface area (Å²) in [7, 11) is 0. The van der Waals surface area contributed by atoms with Crippen LogP contribution < -0.4 is 5.73 Å². The SMILES string of the molecule is [2H]C([2H])([2H])C1([2H])C([2H])([2H])C([2H])([2H])C([2H])(N)C([2H])([2H])C1([2H])O. The Labute approximate surface area is 72.9 Å². The first kappa shape index (κ1) is 1.28. The van der Waals surface area contributed by atoms with Crippen LogP contribution in [0, 0.1) is 5.89 Å². The van der Waals surface area contributed by atoms with Crippen LogP contribution in [0.3, 0.4) is 0 Å². The molecule has 0 aromatic heterocycles. The summed E-state index contributed by atoms with van der Waals surface area (Å²) in [6, 6.07) is -3.50. The fourth-order valence-corrected chi connectivity index (χ4v) is 0.410. The molecule has 9 heavy (non-hydrogen) atoms. The zero-order valence-electron chi connectivity index (χ0n) is 16.5. The van der Waals surface area contributed by atoms with Crippen LogP contribution in [0.5, 0.6) is 0 Å². The predicted molar refractivity (Wildman–Crippen MR) is 37.0 cm³/mol. The molecule has 1 rings (SSSR count). The highest BCUT2D eigenvalue weighted by Crippen LogP contribution is 2.22. The molecule has 0 aliphatic heterocycles. The molecular formula is C7H15NO. The average Bonchev–Trinajstić information content (AvgIpc) is 2.23. The van der Waals surface area contributed by atoms with E-state index in [2.05, 4.69) is 0 Å². The summed E-state index contributed by atoms with van der Waals surface area (Å²) < 4.78 is 90.0. The predicted octanol–water partition coefficient (Wildman–Crippen LogP) is 0.495. The van der Waals surface area contributed by atoms with Crippen LogP contribution >= 0.6 is 0 Å². The standard InChI is InChI=1S/C7H15NO/c1-5-2-3-6(8)4-7(5)9/h5-7,9H,2-4,8H2,1H3/i1D3,2D2,3D2,4D2,5D,6D,7D. The Kier molecular flexibility index (Phi) is 0.379. The molecule has 2 heteroatoms. The van der Waals surface area contributed by atoms with Crippen LogP contribution in [-0.2, 0) is 0 Å². The molecule has 0 saturated heterocycles. The van der Waals surface area contributed by atoms with Crippen LogP contribution in [0.25, 0.3) is 0 Å². The lowest BCUT2D eigenvalue weighted by molar-refractivity contribution is 0.0708. The molecule has 3 atom stereocenters. The van der Waals surface area contributed by atoms with E-state index < -0.39 is 44.0 Å². The summed E-state index contributed by atoms with van der Waals surface area (Å²) in [5, 5.41) is 10.00. The summed E-state index contributed by atoms with van der Waals surface area (Å²) in [6.45, 7) is -3.76. The summed E-state index contributed by atoms with van der Waals surface area (Å²) in [5.41, 5.74) is 5.18. The molecule has 0 amide bonds. The summed E-state index contributed by atoms with van der Waals surface area (Å²) in [4.78, 5) is 0. The Balaban J connectivity index is 3.93. The number of rotatable bonds is 0. The minimum Gasteiger partial charge on any atom is -0.393 e. The Hall–Kier alpha value is -0.0800. The van der Waals surface area contributed by atoms with Gasteiger partial charge in [-0.2, -0.15) is 0 Å². The van der Waals surface area contributed by atoms with Crippen LogP contribution in [-0.4, -0.2) is 17.2 Å². The monoisotopic (exact) mass is 141 g/mol. The topological polar surface area (TPSA) is 46.2 Å². The third kappa shape index (κ3) is 1.66. The van der Waals surface area contributed by atoms with E-state index in [1.807, 2.05) is 0 Å². The summed E-state index contributed by atoms with van der Waals surface area (Å²) in [5.74, 6) is -3.91. The molecule has 0 aromatic rings. The van der Waals surface area contributed by atoms with Crippen molar-refractivity contribution in [2.24, 2.45) is 11.6 Å². The minimum absolute atomic E-state index is 3.50. The van der Waals surface area contributed by atoms with Crippen molar-refractivity contribution in [3.8, 4) is 0 Å². The first-order valence-electron chi connectivity index (χ1n) is 8.26. The molecule has 0 heterocycles. The molecule has 0 aromatic carbocycles. The van der Waals surface area contributed by atoms with Crippen LogP contribution in [0.15, 0.2) is 0 Å². The largest absolute Gasteiger partial charge is 0.393 e. The van der Waals surface area contributed by atoms with E-state index >= 15 is 0 Å². The smallest absolute Gasteiger partial charge is 0.0604 e. The van der Waals surface area contributed by atoms with Crippen LogP contribution in [0.4, 0.5) is 0 Å². The van der Waals surface area contributed by atoms with Gasteiger partial charge < -0.3 is 10.8 Å². The molecule has 1 aliphatic carbocycles. The van der Waals surface area contributed by atoms with Gasteiger partial charge >= 0.3 is 0 Å². The second-order valence-corrected chi connectivity index (χ2v) is 1.51. The lowest BCUT2D eigenvalue weighted by atomic mass is 9.85. The molecule has 0 spiro atoms. The molecule has 54 valence electrons. The number of hydrogen-bond donors (Lipinski definition) is 2. The molecule has 1 aliphatic rings. The second kappa shape index (κ2) is 2.67. The van der Waals surface area contributed by atoms with Crippen LogP contribution in [0.1, 0.15) is 42.4 Å². The van der Waals surface area contributed by atoms with Crippen molar-refractivity contribution in [2.75, 3.05) is 0 Å². The molecule has 0 radical (unpaired) electrons. The Morgan fingerprint density at radius 1 is 1.89 bits per heavy atom. The maximum Gasteiger partial charge on any atom is 0.0604 e. The molecule has 1 fully saturated rings. The second-order valence-electron chi connectivity index (χ2n) is 1.51. The highest BCUT2D eigenvalue weighted by atomic mass is 16.3. The van der Waals surface area contributed by atoms with Gasteiger partial charge in [0, 0.05) is 21.1 Å². The fraction of sp³-hybridized carbons (Fsp3) is 1.00. The first-order valence-corrected chi connectivity index (χ1v) is 2.26. The third-order valence-corrected chi connectivity index (χ3v) is 0.812. The fourth-order valence-electron chi connectivity index (χ4n) is 0.410. The van der Waals surface area contributed by atoms with E-state index in [4.69, 9.17) is 22.2 Å². The quantitative estimate of drug-likeness (QED) is 0.516. The third-order valence-electron chi connectivity index (χ3n) is 0.812. The normalized spacial score (nSPS) is 107. The van der Waals surface area contributed by atoms with Gasteiger partial charge in [0.25, 0.3) is 0 Å². The Morgan fingerprint density at radius 2 is 2.67 bits per heavy atom. The van der Waals surface area contributed by atoms with Crippen LogP contribution in [0.2, 0.25) is 0 Å². The van der Waals surface area contributed by atoms with Gasteiger partial charge in [0.1, 0.15) is 0 Å². The van der Waals surface area contributed by atoms with Gasteiger partial charge in [-0.3, -0.25) is 0 Å². The number of nitrogens with two attached hydrogens (primary N) is 1. The zero-order valence-corrected chi connectivity index (χ0v) is 4.52. The van der Waals surface area contributed by atoms with Gasteiger partial charge in [-0.15, -0.1) is 0 Å². The van der Waals surface area contributed by atoms with Crippen molar-refractivity contribution in [2.45, 2.75) is 38.1 Å². The average molecular weight is 141 g/mol. The van der Waals surface area contributed by atoms with Gasteiger partial charge in [0.05, 0.1) is 7.45 Å². The number of aliphatic hydroxyl groups is 1. The lowest BCUT2D eigenvalue weighted by Gasteiger charge is -2.28. The molecule has 1 saturated carbocycles. The zero-order chi connectivity index (χ0) is 17.5. The molecule has 0 bridgehead atoms. The van der Waals surface area contributed by atoms with Crippen molar-refractivity contribution in [3.63, 3.8) is 0 Å². The van der Waals surface area contributed by atoms with Crippen molar-refractivity contribution in [3.05, 3.63) is 0 Å². The number of hydrogen-bond acceptors (Lipinski definition) is 2. The van der Waals surface area contributed by atoms with E-state index in [1.165, 1.54) is 0 Å². The first-order chi connectivity index (χ1) is 8.75. The van der Waals surface area contributed by atoms with E-state index in [0.717, 1.165) is 0 Å². The maximum atomic E-state index is 10.00. The van der Waals surface area contributed by atoms with Gasteiger partial charge in [-0.25, -0.2) is 0 Å². The maximum absolute atomic E-state index is 10.00. The Bertz CT molecular complexity index is 421. The van der Waals surface area contributed by atoms with Gasteiger partial charge in [-0.1, -0.05) is 6.85 Å². The van der Waals surface area contributed by atoms with Gasteiger partial charge in [0.2, 0.25) is 0 Å². The molecule has 2 nitrogen and oxygen atoms in total.